The maximum absolute atomic E-state index is 13.9. The molecule has 1 atom stereocenters. The van der Waals surface area contributed by atoms with E-state index in [4.69, 9.17) is 19.6 Å². The third kappa shape index (κ3) is 5.91. The van der Waals surface area contributed by atoms with E-state index in [1.165, 1.54) is 28.8 Å². The fraction of sp³-hybridized carbons (Fsp3) is 0.133. The zero-order chi connectivity index (χ0) is 29.1. The molecule has 0 saturated carbocycles. The van der Waals surface area contributed by atoms with Gasteiger partial charge < -0.3 is 14.6 Å². The van der Waals surface area contributed by atoms with Crippen molar-refractivity contribution in [2.45, 2.75) is 13.0 Å². The first kappa shape index (κ1) is 28.2. The molecular formula is C30H22BrFN2O6S. The largest absolute Gasteiger partial charge is 0.481 e. The molecule has 41 heavy (non-hydrogen) atoms. The van der Waals surface area contributed by atoms with Crippen LogP contribution in [0.25, 0.3) is 11.8 Å². The molecular weight excluding hydrogens is 615 g/mol. The molecule has 1 aliphatic heterocycles. The second kappa shape index (κ2) is 12.0. The molecule has 0 amide bonds. The highest BCUT2D eigenvalue weighted by Crippen LogP contribution is 2.35. The molecule has 0 unspecified atom stereocenters. The summed E-state index contributed by atoms with van der Waals surface area (Å²) in [5, 5.41) is 8.88. The van der Waals surface area contributed by atoms with Crippen LogP contribution in [-0.2, 0) is 14.3 Å². The molecule has 11 heteroatoms. The average Bonchev–Trinajstić information content (AvgIpc) is 3.27. The smallest absolute Gasteiger partial charge is 0.341 e. The number of fused-ring (bicyclic) bond motifs is 1. The summed E-state index contributed by atoms with van der Waals surface area (Å²) in [6.07, 6.45) is 1.67. The van der Waals surface area contributed by atoms with Gasteiger partial charge in [0, 0.05) is 5.56 Å². The first-order chi connectivity index (χ1) is 19.8. The van der Waals surface area contributed by atoms with Crippen LogP contribution in [0, 0.1) is 5.82 Å². The number of halogens is 2. The van der Waals surface area contributed by atoms with E-state index in [1.54, 1.807) is 31.2 Å². The second-order valence-electron chi connectivity index (χ2n) is 8.86. The lowest BCUT2D eigenvalue weighted by Crippen LogP contribution is -2.40. The Hall–Kier alpha value is -4.35. The number of aromatic nitrogens is 1. The van der Waals surface area contributed by atoms with Gasteiger partial charge in [0.05, 0.1) is 32.9 Å². The molecule has 3 aromatic carbocycles. The van der Waals surface area contributed by atoms with Crippen molar-refractivity contribution < 1.29 is 28.6 Å². The van der Waals surface area contributed by atoms with Crippen molar-refractivity contribution in [1.29, 1.82) is 0 Å². The molecule has 0 aliphatic carbocycles. The number of carboxylic acids is 1. The SMILES string of the molecule is CCOC(=O)C1=C(c2ccccc2)N=c2s/c(=C/c3ccc(OCC(=O)O)c(Br)c3)c(=O)n2[C@H]1c1ccc(F)cc1. The monoisotopic (exact) mass is 636 g/mol. The number of hydrogen-bond donors (Lipinski definition) is 1. The molecule has 0 spiro atoms. The molecule has 0 saturated heterocycles. The summed E-state index contributed by atoms with van der Waals surface area (Å²) in [6, 6.07) is 18.8. The van der Waals surface area contributed by atoms with E-state index in [0.29, 0.717) is 41.9 Å². The number of carbonyl (C=O) groups excluding carboxylic acids is 1. The van der Waals surface area contributed by atoms with E-state index in [0.717, 1.165) is 11.3 Å². The molecule has 2 heterocycles. The maximum Gasteiger partial charge on any atom is 0.341 e. The number of nitrogens with zero attached hydrogens (tertiary/aromatic N) is 2. The van der Waals surface area contributed by atoms with Crippen LogP contribution < -0.4 is 19.6 Å². The van der Waals surface area contributed by atoms with Gasteiger partial charge >= 0.3 is 11.9 Å². The van der Waals surface area contributed by atoms with Gasteiger partial charge in [-0.3, -0.25) is 9.36 Å². The van der Waals surface area contributed by atoms with E-state index in [9.17, 15) is 18.8 Å². The molecule has 208 valence electrons. The number of aliphatic carboxylic acids is 1. The van der Waals surface area contributed by atoms with E-state index in [-0.39, 0.29) is 17.7 Å². The van der Waals surface area contributed by atoms with Gasteiger partial charge in [0.2, 0.25) is 0 Å². The van der Waals surface area contributed by atoms with Gasteiger partial charge in [-0.25, -0.2) is 19.0 Å². The van der Waals surface area contributed by atoms with Crippen molar-refractivity contribution >= 4 is 51.0 Å². The highest BCUT2D eigenvalue weighted by Gasteiger charge is 2.35. The summed E-state index contributed by atoms with van der Waals surface area (Å²) >= 11 is 4.53. The van der Waals surface area contributed by atoms with Gasteiger partial charge in [-0.05, 0) is 64.3 Å². The number of ether oxygens (including phenoxy) is 2. The van der Waals surface area contributed by atoms with Crippen molar-refractivity contribution in [2.75, 3.05) is 13.2 Å². The maximum atomic E-state index is 13.9. The third-order valence-corrected chi connectivity index (χ3v) is 7.77. The Morgan fingerprint density at radius 3 is 2.51 bits per heavy atom. The molecule has 1 aromatic heterocycles. The summed E-state index contributed by atoms with van der Waals surface area (Å²) in [5.41, 5.74) is 1.99. The Balaban J connectivity index is 1.72. The molecule has 1 N–H and O–H groups in total. The van der Waals surface area contributed by atoms with Gasteiger partial charge in [0.15, 0.2) is 11.4 Å². The number of rotatable bonds is 8. The van der Waals surface area contributed by atoms with Crippen molar-refractivity contribution in [3.63, 3.8) is 0 Å². The minimum atomic E-state index is -1.10. The lowest BCUT2D eigenvalue weighted by molar-refractivity contribution is -0.140. The Labute approximate surface area is 245 Å². The van der Waals surface area contributed by atoms with Crippen LogP contribution in [-0.4, -0.2) is 34.8 Å². The number of carbonyl (C=O) groups is 2. The van der Waals surface area contributed by atoms with Crippen LogP contribution in [0.15, 0.2) is 92.6 Å². The highest BCUT2D eigenvalue weighted by atomic mass is 79.9. The van der Waals surface area contributed by atoms with Crippen LogP contribution >= 0.6 is 27.3 Å². The first-order valence-corrected chi connectivity index (χ1v) is 14.1. The zero-order valence-electron chi connectivity index (χ0n) is 21.5. The van der Waals surface area contributed by atoms with Crippen LogP contribution in [0.1, 0.15) is 29.7 Å². The summed E-state index contributed by atoms with van der Waals surface area (Å²) in [4.78, 5) is 43.3. The quantitative estimate of drug-likeness (QED) is 0.289. The van der Waals surface area contributed by atoms with Crippen molar-refractivity contribution in [2.24, 2.45) is 4.99 Å². The molecule has 1 aliphatic rings. The highest BCUT2D eigenvalue weighted by molar-refractivity contribution is 9.10. The molecule has 0 radical (unpaired) electrons. The molecule has 8 nitrogen and oxygen atoms in total. The van der Waals surface area contributed by atoms with Gasteiger partial charge in [-0.2, -0.15) is 0 Å². The number of esters is 1. The second-order valence-corrected chi connectivity index (χ2v) is 10.7. The Bertz CT molecular complexity index is 1850. The van der Waals surface area contributed by atoms with Crippen LogP contribution in [0.3, 0.4) is 0 Å². The Morgan fingerprint density at radius 2 is 1.85 bits per heavy atom. The topological polar surface area (TPSA) is 107 Å². The van der Waals surface area contributed by atoms with Crippen molar-refractivity contribution in [1.82, 2.24) is 4.57 Å². The zero-order valence-corrected chi connectivity index (χ0v) is 23.9. The normalized spacial score (nSPS) is 14.8. The van der Waals surface area contributed by atoms with E-state index in [2.05, 4.69) is 15.9 Å². The number of thiazole rings is 1. The van der Waals surface area contributed by atoms with Gasteiger partial charge in [0.1, 0.15) is 11.6 Å². The number of hydrogen-bond acceptors (Lipinski definition) is 7. The van der Waals surface area contributed by atoms with Crippen LogP contribution in [0.5, 0.6) is 5.75 Å². The summed E-state index contributed by atoms with van der Waals surface area (Å²) in [6.45, 7) is 1.32. The molecule has 4 aromatic rings. The van der Waals surface area contributed by atoms with E-state index in [1.807, 2.05) is 30.3 Å². The van der Waals surface area contributed by atoms with Crippen molar-refractivity contribution in [3.05, 3.63) is 125 Å². The first-order valence-electron chi connectivity index (χ1n) is 12.4. The van der Waals surface area contributed by atoms with Gasteiger partial charge in [0.25, 0.3) is 5.56 Å². The average molecular weight is 637 g/mol. The van der Waals surface area contributed by atoms with E-state index >= 15 is 0 Å². The molecule has 0 fully saturated rings. The summed E-state index contributed by atoms with van der Waals surface area (Å²) in [5.74, 6) is -1.84. The summed E-state index contributed by atoms with van der Waals surface area (Å²) in [7, 11) is 0. The third-order valence-electron chi connectivity index (χ3n) is 6.16. The van der Waals surface area contributed by atoms with Crippen LogP contribution in [0.4, 0.5) is 4.39 Å². The fourth-order valence-corrected chi connectivity index (χ4v) is 5.93. The lowest BCUT2D eigenvalue weighted by atomic mass is 9.93. The minimum absolute atomic E-state index is 0.117. The predicted octanol–water partition coefficient (Wildman–Crippen LogP) is 4.30. The fourth-order valence-electron chi connectivity index (χ4n) is 4.42. The summed E-state index contributed by atoms with van der Waals surface area (Å²) < 4.78 is 26.9. The van der Waals surface area contributed by atoms with Crippen molar-refractivity contribution in [3.8, 4) is 5.75 Å². The number of carboxylic acid groups (broad SMARTS) is 1. The Morgan fingerprint density at radius 1 is 1.12 bits per heavy atom. The standard InChI is InChI=1S/C30H22BrFN2O6S/c1-2-39-29(38)25-26(18-6-4-3-5-7-18)33-30-34(27(25)19-9-11-20(32)12-10-19)28(37)23(41-30)15-17-8-13-22(21(31)14-17)40-16-24(35)36/h3-15,27H,2,16H2,1H3,(H,35,36)/b23-15+/t27-/m0/s1. The molecule has 5 rings (SSSR count). The minimum Gasteiger partial charge on any atom is -0.481 e. The molecule has 0 bridgehead atoms. The van der Waals surface area contributed by atoms with Gasteiger partial charge in [-0.15, -0.1) is 0 Å². The van der Waals surface area contributed by atoms with Gasteiger partial charge in [-0.1, -0.05) is 59.9 Å². The van der Waals surface area contributed by atoms with E-state index < -0.39 is 30.4 Å². The number of benzene rings is 3. The van der Waals surface area contributed by atoms with Crippen LogP contribution in [0.2, 0.25) is 0 Å². The lowest BCUT2D eigenvalue weighted by Gasteiger charge is -2.25. The predicted molar refractivity (Wildman–Crippen MR) is 155 cm³/mol. The Kier molecular flexibility index (Phi) is 8.27.